The molecule has 2 bridgehead atoms. The summed E-state index contributed by atoms with van der Waals surface area (Å²) in [6.45, 7) is 1.31. The third-order valence-electron chi connectivity index (χ3n) is 7.10. The van der Waals surface area contributed by atoms with E-state index in [9.17, 15) is 4.79 Å². The van der Waals surface area contributed by atoms with Crippen LogP contribution in [0, 0.1) is 5.92 Å². The summed E-state index contributed by atoms with van der Waals surface area (Å²) in [5.74, 6) is 2.12. The van der Waals surface area contributed by atoms with Crippen LogP contribution >= 0.6 is 11.6 Å². The van der Waals surface area contributed by atoms with Crippen molar-refractivity contribution in [3.8, 4) is 5.88 Å². The number of amides is 1. The average molecular weight is 435 g/mol. The Hall–Kier alpha value is -1.60. The summed E-state index contributed by atoms with van der Waals surface area (Å²) >= 11 is 6.29. The molecule has 0 radical (unpaired) electrons. The molecule has 1 unspecified atom stereocenters. The zero-order valence-electron chi connectivity index (χ0n) is 17.6. The first-order chi connectivity index (χ1) is 14.6. The van der Waals surface area contributed by atoms with Gasteiger partial charge in [-0.1, -0.05) is 11.6 Å². The molecule has 7 nitrogen and oxygen atoms in total. The highest BCUT2D eigenvalue weighted by Crippen LogP contribution is 2.40. The van der Waals surface area contributed by atoms with Crippen LogP contribution in [-0.2, 0) is 9.53 Å². The number of aromatic nitrogens is 2. The molecule has 4 aliphatic rings. The smallest absolute Gasteiger partial charge is 0.230 e. The largest absolute Gasteiger partial charge is 0.472 e. The van der Waals surface area contributed by atoms with E-state index in [2.05, 4.69) is 19.8 Å². The Morgan fingerprint density at radius 1 is 1.23 bits per heavy atom. The van der Waals surface area contributed by atoms with Gasteiger partial charge in [-0.3, -0.25) is 4.79 Å². The monoisotopic (exact) mass is 434 g/mol. The number of carbonyl (C=O) groups excluding carboxylic acids is 1. The van der Waals surface area contributed by atoms with Crippen LogP contribution in [0.1, 0.15) is 57.8 Å². The highest BCUT2D eigenvalue weighted by Gasteiger charge is 2.43. The second-order valence-corrected chi connectivity index (χ2v) is 9.74. The Bertz CT molecular complexity index is 770. The number of halogens is 1. The lowest BCUT2D eigenvalue weighted by molar-refractivity contribution is -0.141. The Morgan fingerprint density at radius 3 is 2.67 bits per heavy atom. The number of hydrogen-bond donors (Lipinski definition) is 0. The zero-order chi connectivity index (χ0) is 20.7. The maximum absolute atomic E-state index is 12.9. The van der Waals surface area contributed by atoms with Crippen LogP contribution in [0.5, 0.6) is 5.88 Å². The van der Waals surface area contributed by atoms with Gasteiger partial charge >= 0.3 is 0 Å². The summed E-state index contributed by atoms with van der Waals surface area (Å²) < 4.78 is 11.3. The number of ether oxygens (including phenoxy) is 2. The van der Waals surface area contributed by atoms with E-state index in [0.717, 1.165) is 45.1 Å². The van der Waals surface area contributed by atoms with Gasteiger partial charge in [0.05, 0.1) is 13.2 Å². The third kappa shape index (κ3) is 4.37. The van der Waals surface area contributed by atoms with Crippen molar-refractivity contribution in [2.75, 3.05) is 25.2 Å². The van der Waals surface area contributed by atoms with Gasteiger partial charge in [0.15, 0.2) is 0 Å². The summed E-state index contributed by atoms with van der Waals surface area (Å²) in [5.41, 5.74) is 0. The fraction of sp³-hybridized carbons (Fsp3) is 0.773. The molecular weight excluding hydrogens is 404 g/mol. The molecule has 3 aliphatic heterocycles. The molecule has 1 aromatic rings. The SMILES string of the molecule is CN(c1nc(Cl)cc(O[C@H]2CCOC2)n1)C1C[C@H]2CCC[C@@H](C1)N2C(=O)CC1CC1. The summed E-state index contributed by atoms with van der Waals surface area (Å²) in [7, 11) is 2.04. The van der Waals surface area contributed by atoms with Crippen LogP contribution in [0.15, 0.2) is 6.07 Å². The van der Waals surface area contributed by atoms with Gasteiger partial charge in [0.2, 0.25) is 17.7 Å². The van der Waals surface area contributed by atoms with Gasteiger partial charge < -0.3 is 19.3 Å². The summed E-state index contributed by atoms with van der Waals surface area (Å²) in [6, 6.07) is 2.64. The average Bonchev–Trinajstić information content (AvgIpc) is 3.38. The van der Waals surface area contributed by atoms with Gasteiger partial charge in [-0.05, 0) is 50.9 Å². The normalized spacial score (nSPS) is 30.9. The van der Waals surface area contributed by atoms with Crippen molar-refractivity contribution in [1.29, 1.82) is 0 Å². The lowest BCUT2D eigenvalue weighted by Gasteiger charge is -2.50. The molecule has 4 atom stereocenters. The number of fused-ring (bicyclic) bond motifs is 2. The van der Waals surface area contributed by atoms with Crippen LogP contribution < -0.4 is 9.64 Å². The minimum Gasteiger partial charge on any atom is -0.472 e. The lowest BCUT2D eigenvalue weighted by Crippen LogP contribution is -2.58. The number of piperidine rings is 2. The van der Waals surface area contributed by atoms with Crippen molar-refractivity contribution in [1.82, 2.24) is 14.9 Å². The Balaban J connectivity index is 1.29. The Morgan fingerprint density at radius 2 is 2.00 bits per heavy atom. The van der Waals surface area contributed by atoms with Crippen molar-refractivity contribution >= 4 is 23.5 Å². The third-order valence-corrected chi connectivity index (χ3v) is 7.29. The highest BCUT2D eigenvalue weighted by atomic mass is 35.5. The van der Waals surface area contributed by atoms with Crippen LogP contribution in [0.4, 0.5) is 5.95 Å². The second kappa shape index (κ2) is 8.50. The molecule has 164 valence electrons. The van der Waals surface area contributed by atoms with Gasteiger partial charge in [-0.2, -0.15) is 4.98 Å². The van der Waals surface area contributed by atoms with E-state index < -0.39 is 0 Å². The highest BCUT2D eigenvalue weighted by molar-refractivity contribution is 6.29. The number of hydrogen-bond acceptors (Lipinski definition) is 6. The predicted octanol–water partition coefficient (Wildman–Crippen LogP) is 3.45. The minimum atomic E-state index is 0.0224. The van der Waals surface area contributed by atoms with Gasteiger partial charge in [0.1, 0.15) is 11.3 Å². The number of rotatable bonds is 6. The molecule has 1 aliphatic carbocycles. The van der Waals surface area contributed by atoms with Crippen molar-refractivity contribution in [2.24, 2.45) is 5.92 Å². The molecular formula is C22H31ClN4O3. The van der Waals surface area contributed by atoms with Crippen LogP contribution in [-0.4, -0.2) is 65.3 Å². The maximum atomic E-state index is 12.9. The van der Waals surface area contributed by atoms with Gasteiger partial charge in [-0.15, -0.1) is 0 Å². The first-order valence-corrected chi connectivity index (χ1v) is 11.8. The quantitative estimate of drug-likeness (QED) is 0.639. The number of anilines is 1. The second-order valence-electron chi connectivity index (χ2n) is 9.36. The lowest BCUT2D eigenvalue weighted by atomic mass is 9.81. The maximum Gasteiger partial charge on any atom is 0.230 e. The van der Waals surface area contributed by atoms with E-state index >= 15 is 0 Å². The van der Waals surface area contributed by atoms with E-state index in [1.165, 1.54) is 19.3 Å². The molecule has 1 aromatic heterocycles. The molecule has 8 heteroatoms. The zero-order valence-corrected chi connectivity index (χ0v) is 18.4. The van der Waals surface area contributed by atoms with Gasteiger partial charge in [0, 0.05) is 44.1 Å². The van der Waals surface area contributed by atoms with Crippen LogP contribution in [0.3, 0.4) is 0 Å². The number of carbonyl (C=O) groups is 1. The molecule has 4 fully saturated rings. The minimum absolute atomic E-state index is 0.0224. The standard InChI is InChI=1S/C22H31ClN4O3/c1-26(22-24-19(23)12-20(25-22)30-18-7-8-29-13-18)17-10-15-3-2-4-16(11-17)27(15)21(28)9-14-5-6-14/h12,14-18H,2-11,13H2,1H3/t15-,16+,17?,18-/m0/s1. The summed E-state index contributed by atoms with van der Waals surface area (Å²) in [4.78, 5) is 26.4. The Kier molecular flexibility index (Phi) is 5.75. The molecule has 1 saturated carbocycles. The molecule has 5 rings (SSSR count). The van der Waals surface area contributed by atoms with Gasteiger partial charge in [-0.25, -0.2) is 4.98 Å². The molecule has 1 amide bonds. The molecule has 0 N–H and O–H groups in total. The van der Waals surface area contributed by atoms with Crippen LogP contribution in [0.2, 0.25) is 5.15 Å². The fourth-order valence-electron chi connectivity index (χ4n) is 5.29. The first-order valence-electron chi connectivity index (χ1n) is 11.4. The van der Waals surface area contributed by atoms with E-state index in [1.807, 2.05) is 7.05 Å². The van der Waals surface area contributed by atoms with Crippen molar-refractivity contribution in [3.05, 3.63) is 11.2 Å². The molecule has 30 heavy (non-hydrogen) atoms. The van der Waals surface area contributed by atoms with Gasteiger partial charge in [0.25, 0.3) is 0 Å². The van der Waals surface area contributed by atoms with Crippen LogP contribution in [0.25, 0.3) is 0 Å². The van der Waals surface area contributed by atoms with E-state index in [1.54, 1.807) is 6.07 Å². The summed E-state index contributed by atoms with van der Waals surface area (Å²) in [5, 5.41) is 0.387. The molecule has 0 aromatic carbocycles. The van der Waals surface area contributed by atoms with E-state index in [-0.39, 0.29) is 6.10 Å². The fourth-order valence-corrected chi connectivity index (χ4v) is 5.46. The van der Waals surface area contributed by atoms with Crippen molar-refractivity contribution in [3.63, 3.8) is 0 Å². The molecule has 3 saturated heterocycles. The molecule has 4 heterocycles. The molecule has 0 spiro atoms. The van der Waals surface area contributed by atoms with E-state index in [4.69, 9.17) is 21.1 Å². The predicted molar refractivity (Wildman–Crippen MR) is 114 cm³/mol. The topological polar surface area (TPSA) is 67.8 Å². The van der Waals surface area contributed by atoms with Crippen molar-refractivity contribution < 1.29 is 14.3 Å². The first kappa shape index (κ1) is 20.3. The van der Waals surface area contributed by atoms with Crippen molar-refractivity contribution in [2.45, 2.75) is 82.0 Å². The number of nitrogens with zero attached hydrogens (tertiary/aromatic N) is 4. The Labute approximate surface area is 183 Å². The summed E-state index contributed by atoms with van der Waals surface area (Å²) in [6.07, 6.45) is 9.43. The van der Waals surface area contributed by atoms with E-state index in [0.29, 0.717) is 53.5 Å².